The Hall–Kier alpha value is -0.510. The zero-order valence-electron chi connectivity index (χ0n) is 7.87. The van der Waals surface area contributed by atoms with Crippen LogP contribution >= 0.6 is 11.6 Å². The summed E-state index contributed by atoms with van der Waals surface area (Å²) in [6.45, 7) is 0.685. The van der Waals surface area contributed by atoms with Gasteiger partial charge in [0.05, 0.1) is 12.6 Å². The summed E-state index contributed by atoms with van der Waals surface area (Å²) >= 11 is 5.64. The van der Waals surface area contributed by atoms with Crippen molar-refractivity contribution in [3.05, 3.63) is 23.1 Å². The SMILES string of the molecule is O[C@@H]1CC[C@H](NCc2ccc(Cl)o2)C1. The van der Waals surface area contributed by atoms with E-state index in [0.29, 0.717) is 17.8 Å². The molecule has 1 saturated carbocycles. The Morgan fingerprint density at radius 1 is 1.50 bits per heavy atom. The molecule has 1 heterocycles. The zero-order chi connectivity index (χ0) is 9.97. The van der Waals surface area contributed by atoms with Crippen LogP contribution in [0.3, 0.4) is 0 Å². The van der Waals surface area contributed by atoms with Crippen LogP contribution < -0.4 is 5.32 Å². The molecule has 0 aliphatic heterocycles. The molecule has 0 unspecified atom stereocenters. The fourth-order valence-corrected chi connectivity index (χ4v) is 2.00. The van der Waals surface area contributed by atoms with Gasteiger partial charge in [-0.15, -0.1) is 0 Å². The van der Waals surface area contributed by atoms with Gasteiger partial charge in [-0.2, -0.15) is 0 Å². The highest BCUT2D eigenvalue weighted by Crippen LogP contribution is 2.19. The van der Waals surface area contributed by atoms with Crippen LogP contribution in [0.1, 0.15) is 25.0 Å². The van der Waals surface area contributed by atoms with Crippen molar-refractivity contribution in [2.45, 2.75) is 38.0 Å². The number of hydrogen-bond donors (Lipinski definition) is 2. The number of rotatable bonds is 3. The van der Waals surface area contributed by atoms with Crippen LogP contribution in [-0.4, -0.2) is 17.3 Å². The molecule has 0 amide bonds. The molecule has 1 aromatic heterocycles. The molecule has 1 fully saturated rings. The topological polar surface area (TPSA) is 45.4 Å². The third kappa shape index (κ3) is 2.50. The lowest BCUT2D eigenvalue weighted by molar-refractivity contribution is 0.179. The second-order valence-corrected chi connectivity index (χ2v) is 4.12. The first kappa shape index (κ1) is 10.0. The van der Waals surface area contributed by atoms with Crippen LogP contribution in [0.15, 0.2) is 16.5 Å². The highest BCUT2D eigenvalue weighted by molar-refractivity contribution is 6.28. The van der Waals surface area contributed by atoms with E-state index in [-0.39, 0.29) is 6.10 Å². The Labute approximate surface area is 88.1 Å². The minimum atomic E-state index is -0.132. The van der Waals surface area contributed by atoms with Gasteiger partial charge in [0.2, 0.25) is 0 Å². The second kappa shape index (κ2) is 4.34. The summed E-state index contributed by atoms with van der Waals surface area (Å²) < 4.78 is 5.21. The van der Waals surface area contributed by atoms with Gasteiger partial charge in [0, 0.05) is 6.04 Å². The third-order valence-corrected chi connectivity index (χ3v) is 2.80. The lowest BCUT2D eigenvalue weighted by Crippen LogP contribution is -2.26. The van der Waals surface area contributed by atoms with Gasteiger partial charge in [0.15, 0.2) is 5.22 Å². The molecule has 1 aliphatic carbocycles. The maximum Gasteiger partial charge on any atom is 0.193 e. The van der Waals surface area contributed by atoms with E-state index < -0.39 is 0 Å². The monoisotopic (exact) mass is 215 g/mol. The van der Waals surface area contributed by atoms with Crippen molar-refractivity contribution in [2.24, 2.45) is 0 Å². The molecule has 1 aliphatic rings. The van der Waals surface area contributed by atoms with Crippen molar-refractivity contribution in [1.29, 1.82) is 0 Å². The van der Waals surface area contributed by atoms with E-state index in [1.807, 2.05) is 6.07 Å². The molecule has 0 radical (unpaired) electrons. The minimum Gasteiger partial charge on any atom is -0.448 e. The Morgan fingerprint density at radius 3 is 2.93 bits per heavy atom. The van der Waals surface area contributed by atoms with E-state index in [1.165, 1.54) is 0 Å². The fraction of sp³-hybridized carbons (Fsp3) is 0.600. The molecular formula is C10H14ClNO2. The smallest absolute Gasteiger partial charge is 0.193 e. The summed E-state index contributed by atoms with van der Waals surface area (Å²) in [5, 5.41) is 13.1. The van der Waals surface area contributed by atoms with Crippen molar-refractivity contribution >= 4 is 11.6 Å². The number of halogens is 1. The summed E-state index contributed by atoms with van der Waals surface area (Å²) in [5.41, 5.74) is 0. The van der Waals surface area contributed by atoms with Gasteiger partial charge in [-0.25, -0.2) is 0 Å². The summed E-state index contributed by atoms with van der Waals surface area (Å²) in [6, 6.07) is 4.01. The molecule has 0 aromatic carbocycles. The minimum absolute atomic E-state index is 0.132. The predicted molar refractivity (Wildman–Crippen MR) is 54.2 cm³/mol. The van der Waals surface area contributed by atoms with Gasteiger partial charge in [-0.1, -0.05) is 0 Å². The number of aliphatic hydroxyl groups excluding tert-OH is 1. The molecule has 2 atom stereocenters. The largest absolute Gasteiger partial charge is 0.448 e. The molecule has 0 bridgehead atoms. The first-order valence-electron chi connectivity index (χ1n) is 4.89. The van der Waals surface area contributed by atoms with E-state index in [2.05, 4.69) is 5.32 Å². The van der Waals surface area contributed by atoms with Crippen LogP contribution in [0, 0.1) is 0 Å². The van der Waals surface area contributed by atoms with E-state index in [4.69, 9.17) is 16.0 Å². The highest BCUT2D eigenvalue weighted by Gasteiger charge is 2.22. The van der Waals surface area contributed by atoms with E-state index in [1.54, 1.807) is 6.07 Å². The number of aliphatic hydroxyl groups is 1. The zero-order valence-corrected chi connectivity index (χ0v) is 8.63. The molecule has 78 valence electrons. The van der Waals surface area contributed by atoms with Crippen molar-refractivity contribution < 1.29 is 9.52 Å². The second-order valence-electron chi connectivity index (χ2n) is 3.75. The molecular weight excluding hydrogens is 202 g/mol. The van der Waals surface area contributed by atoms with Crippen LogP contribution in [0.5, 0.6) is 0 Å². The quantitative estimate of drug-likeness (QED) is 0.810. The van der Waals surface area contributed by atoms with Crippen molar-refractivity contribution in [3.63, 3.8) is 0 Å². The van der Waals surface area contributed by atoms with Gasteiger partial charge in [0.1, 0.15) is 5.76 Å². The van der Waals surface area contributed by atoms with Crippen LogP contribution in [0.4, 0.5) is 0 Å². The van der Waals surface area contributed by atoms with Crippen molar-refractivity contribution in [3.8, 4) is 0 Å². The normalized spacial score (nSPS) is 27.0. The maximum atomic E-state index is 9.32. The van der Waals surface area contributed by atoms with Gasteiger partial charge >= 0.3 is 0 Å². The van der Waals surface area contributed by atoms with Crippen molar-refractivity contribution in [2.75, 3.05) is 0 Å². The third-order valence-electron chi connectivity index (χ3n) is 2.60. The average Bonchev–Trinajstić information content (AvgIpc) is 2.72. The molecule has 2 rings (SSSR count). The molecule has 4 heteroatoms. The number of furan rings is 1. The summed E-state index contributed by atoms with van der Waals surface area (Å²) in [5.74, 6) is 0.844. The lowest BCUT2D eigenvalue weighted by Gasteiger charge is -2.09. The highest BCUT2D eigenvalue weighted by atomic mass is 35.5. The van der Waals surface area contributed by atoms with E-state index >= 15 is 0 Å². The predicted octanol–water partition coefficient (Wildman–Crippen LogP) is 1.94. The number of hydrogen-bond acceptors (Lipinski definition) is 3. The first-order chi connectivity index (χ1) is 6.74. The average molecular weight is 216 g/mol. The number of nitrogens with one attached hydrogen (secondary N) is 1. The van der Waals surface area contributed by atoms with Gasteiger partial charge in [0.25, 0.3) is 0 Å². The van der Waals surface area contributed by atoms with E-state index in [9.17, 15) is 5.11 Å². The Bertz CT molecular complexity index is 300. The van der Waals surface area contributed by atoms with Gasteiger partial charge < -0.3 is 14.8 Å². The molecule has 14 heavy (non-hydrogen) atoms. The van der Waals surface area contributed by atoms with Gasteiger partial charge in [-0.05, 0) is 43.0 Å². The standard InChI is InChI=1S/C10H14ClNO2/c11-10-4-3-9(14-10)6-12-7-1-2-8(13)5-7/h3-4,7-8,12-13H,1-2,5-6H2/t7-,8+/m0/s1. The maximum absolute atomic E-state index is 9.32. The van der Waals surface area contributed by atoms with Crippen LogP contribution in [-0.2, 0) is 6.54 Å². The fourth-order valence-electron chi connectivity index (χ4n) is 1.83. The Kier molecular flexibility index (Phi) is 3.11. The van der Waals surface area contributed by atoms with Gasteiger partial charge in [-0.3, -0.25) is 0 Å². The molecule has 2 N–H and O–H groups in total. The van der Waals surface area contributed by atoms with E-state index in [0.717, 1.165) is 25.0 Å². The molecule has 0 spiro atoms. The summed E-state index contributed by atoms with van der Waals surface area (Å²) in [7, 11) is 0. The van der Waals surface area contributed by atoms with Crippen LogP contribution in [0.2, 0.25) is 5.22 Å². The Morgan fingerprint density at radius 2 is 2.36 bits per heavy atom. The summed E-state index contributed by atoms with van der Waals surface area (Å²) in [6.07, 6.45) is 2.65. The molecule has 3 nitrogen and oxygen atoms in total. The van der Waals surface area contributed by atoms with Crippen molar-refractivity contribution in [1.82, 2.24) is 5.32 Å². The first-order valence-corrected chi connectivity index (χ1v) is 5.27. The summed E-state index contributed by atoms with van der Waals surface area (Å²) in [4.78, 5) is 0. The molecule has 1 aromatic rings. The lowest BCUT2D eigenvalue weighted by atomic mass is 10.2. The van der Waals surface area contributed by atoms with Crippen LogP contribution in [0.25, 0.3) is 0 Å². The Balaban J connectivity index is 1.77. The molecule has 0 saturated heterocycles.